The molecule has 0 bridgehead atoms. The van der Waals surface area contributed by atoms with Gasteiger partial charge in [-0.2, -0.15) is 0 Å². The molecule has 5 aromatic rings. The van der Waals surface area contributed by atoms with E-state index in [-0.39, 0.29) is 23.3 Å². The lowest BCUT2D eigenvalue weighted by Gasteiger charge is -2.12. The van der Waals surface area contributed by atoms with Crippen molar-refractivity contribution in [2.75, 3.05) is 16.4 Å². The van der Waals surface area contributed by atoms with Crippen molar-refractivity contribution in [2.24, 2.45) is 0 Å². The zero-order chi connectivity index (χ0) is 29.3. The Hall–Kier alpha value is -5.14. The number of fused-ring (bicyclic) bond motifs is 1. The van der Waals surface area contributed by atoms with E-state index >= 15 is 0 Å². The molecule has 0 aliphatic carbocycles. The number of amides is 3. The van der Waals surface area contributed by atoms with Crippen molar-refractivity contribution in [2.45, 2.75) is 11.8 Å². The van der Waals surface area contributed by atoms with Gasteiger partial charge >= 0.3 is 0 Å². The van der Waals surface area contributed by atoms with Crippen molar-refractivity contribution < 1.29 is 14.4 Å². The van der Waals surface area contributed by atoms with Crippen LogP contribution in [-0.2, 0) is 9.59 Å². The van der Waals surface area contributed by atoms with Gasteiger partial charge in [-0.05, 0) is 83.4 Å². The van der Waals surface area contributed by atoms with Gasteiger partial charge in [0, 0.05) is 21.8 Å². The van der Waals surface area contributed by atoms with Crippen molar-refractivity contribution >= 4 is 57.7 Å². The van der Waals surface area contributed by atoms with E-state index in [2.05, 4.69) is 16.0 Å². The quantitative estimate of drug-likeness (QED) is 0.128. The first kappa shape index (κ1) is 28.4. The number of rotatable bonds is 9. The smallest absolute Gasteiger partial charge is 0.272 e. The summed E-state index contributed by atoms with van der Waals surface area (Å²) in [4.78, 5) is 39.7. The maximum Gasteiger partial charge on any atom is 0.272 e. The van der Waals surface area contributed by atoms with Crippen molar-refractivity contribution in [3.63, 3.8) is 0 Å². The first-order valence-electron chi connectivity index (χ1n) is 13.4. The summed E-state index contributed by atoms with van der Waals surface area (Å²) in [7, 11) is 0. The highest BCUT2D eigenvalue weighted by Crippen LogP contribution is 2.23. The molecule has 0 atom stereocenters. The topological polar surface area (TPSA) is 87.3 Å². The Morgan fingerprint density at radius 3 is 2.21 bits per heavy atom. The van der Waals surface area contributed by atoms with Crippen molar-refractivity contribution in [1.82, 2.24) is 5.32 Å². The van der Waals surface area contributed by atoms with Crippen LogP contribution in [-0.4, -0.2) is 23.5 Å². The van der Waals surface area contributed by atoms with Crippen LogP contribution in [0.2, 0.25) is 0 Å². The summed E-state index contributed by atoms with van der Waals surface area (Å²) in [5.41, 5.74) is 3.78. The second-order valence-electron chi connectivity index (χ2n) is 9.63. The Morgan fingerprint density at radius 2 is 1.43 bits per heavy atom. The number of hydrogen-bond donors (Lipinski definition) is 3. The maximum absolute atomic E-state index is 13.5. The molecule has 42 heavy (non-hydrogen) atoms. The molecule has 208 valence electrons. The van der Waals surface area contributed by atoms with Gasteiger partial charge in [0.05, 0.1) is 5.75 Å². The fourth-order valence-corrected chi connectivity index (χ4v) is 5.07. The van der Waals surface area contributed by atoms with Gasteiger partial charge in [-0.25, -0.2) is 0 Å². The number of carbonyl (C=O) groups is 3. The van der Waals surface area contributed by atoms with Gasteiger partial charge in [0.15, 0.2) is 0 Å². The molecular weight excluding hydrogens is 542 g/mol. The highest BCUT2D eigenvalue weighted by Gasteiger charge is 2.16. The largest absolute Gasteiger partial charge is 0.325 e. The van der Waals surface area contributed by atoms with E-state index in [4.69, 9.17) is 0 Å². The molecule has 0 fully saturated rings. The molecule has 5 aromatic carbocycles. The molecule has 5 rings (SSSR count). The first-order chi connectivity index (χ1) is 20.4. The van der Waals surface area contributed by atoms with Gasteiger partial charge in [0.1, 0.15) is 5.70 Å². The summed E-state index contributed by atoms with van der Waals surface area (Å²) in [6, 6.07) is 37.4. The van der Waals surface area contributed by atoms with E-state index in [0.717, 1.165) is 32.5 Å². The van der Waals surface area contributed by atoms with Crippen LogP contribution in [0, 0.1) is 6.92 Å². The Balaban J connectivity index is 1.29. The third-order valence-electron chi connectivity index (χ3n) is 6.44. The minimum absolute atomic E-state index is 0.0969. The third kappa shape index (κ3) is 7.53. The normalized spacial score (nSPS) is 11.1. The minimum Gasteiger partial charge on any atom is -0.325 e. The highest BCUT2D eigenvalue weighted by atomic mass is 32.2. The molecule has 0 saturated carbocycles. The molecule has 0 aromatic heterocycles. The Morgan fingerprint density at radius 1 is 0.714 bits per heavy atom. The number of benzene rings is 5. The summed E-state index contributed by atoms with van der Waals surface area (Å²) in [6.45, 7) is 1.98. The lowest BCUT2D eigenvalue weighted by molar-refractivity contribution is -0.114. The Kier molecular flexibility index (Phi) is 9.11. The zero-order valence-corrected chi connectivity index (χ0v) is 23.8. The fourth-order valence-electron chi connectivity index (χ4n) is 4.38. The number of thioether (sulfide) groups is 1. The minimum atomic E-state index is -0.454. The van der Waals surface area contributed by atoms with Gasteiger partial charge in [-0.15, -0.1) is 11.8 Å². The van der Waals surface area contributed by atoms with Crippen molar-refractivity contribution in [3.05, 3.63) is 144 Å². The monoisotopic (exact) mass is 571 g/mol. The number of aryl methyl sites for hydroxylation is 1. The van der Waals surface area contributed by atoms with Gasteiger partial charge in [0.2, 0.25) is 5.91 Å². The molecule has 6 nitrogen and oxygen atoms in total. The van der Waals surface area contributed by atoms with Crippen LogP contribution < -0.4 is 16.0 Å². The number of nitrogens with one attached hydrogen (secondary N) is 3. The fraction of sp³-hybridized carbons (Fsp3) is 0.0571. The zero-order valence-electron chi connectivity index (χ0n) is 23.0. The Labute approximate surface area is 248 Å². The van der Waals surface area contributed by atoms with Gasteiger partial charge in [-0.1, -0.05) is 72.8 Å². The molecule has 0 radical (unpaired) electrons. The summed E-state index contributed by atoms with van der Waals surface area (Å²) in [5.74, 6) is -0.679. The SMILES string of the molecule is Cc1cccc(NC(=O)CSc2ccc(NC(=O)/C(=C/c3cccc4ccccc34)NC(=O)c3ccccc3)cc2)c1. The molecular formula is C35H29N3O3S. The van der Waals surface area contributed by atoms with Crippen LogP contribution in [0.25, 0.3) is 16.8 Å². The van der Waals surface area contributed by atoms with Crippen LogP contribution >= 0.6 is 11.8 Å². The second kappa shape index (κ2) is 13.5. The van der Waals surface area contributed by atoms with Crippen LogP contribution in [0.15, 0.2) is 132 Å². The Bertz CT molecular complexity index is 1760. The van der Waals surface area contributed by atoms with E-state index in [1.807, 2.05) is 91.9 Å². The summed E-state index contributed by atoms with van der Waals surface area (Å²) in [6.07, 6.45) is 1.69. The van der Waals surface area contributed by atoms with Gasteiger partial charge < -0.3 is 16.0 Å². The lowest BCUT2D eigenvalue weighted by Crippen LogP contribution is -2.30. The number of hydrogen-bond acceptors (Lipinski definition) is 4. The van der Waals surface area contributed by atoms with E-state index in [1.165, 1.54) is 11.8 Å². The summed E-state index contributed by atoms with van der Waals surface area (Å²) < 4.78 is 0. The first-order valence-corrected chi connectivity index (χ1v) is 14.4. The average Bonchev–Trinajstić information content (AvgIpc) is 3.01. The maximum atomic E-state index is 13.5. The summed E-state index contributed by atoms with van der Waals surface area (Å²) in [5, 5.41) is 10.6. The van der Waals surface area contributed by atoms with E-state index < -0.39 is 5.91 Å². The molecule has 0 spiro atoms. The highest BCUT2D eigenvalue weighted by molar-refractivity contribution is 8.00. The standard InChI is InChI=1S/C35H29N3O3S/c1-24-9-7-15-29(21-24)36-33(39)23-42-30-19-17-28(18-20-30)37-35(41)32(38-34(40)26-11-3-2-4-12-26)22-27-14-8-13-25-10-5-6-16-31(25)27/h2-22H,23H2,1H3,(H,36,39)(H,37,41)(H,38,40)/b32-22-. The van der Waals surface area contributed by atoms with Crippen LogP contribution in [0.1, 0.15) is 21.5 Å². The van der Waals surface area contributed by atoms with Crippen LogP contribution in [0.4, 0.5) is 11.4 Å². The van der Waals surface area contributed by atoms with Crippen LogP contribution in [0.5, 0.6) is 0 Å². The number of carbonyl (C=O) groups excluding carboxylic acids is 3. The number of anilines is 2. The van der Waals surface area contributed by atoms with E-state index in [1.54, 1.807) is 42.5 Å². The molecule has 0 heterocycles. The predicted molar refractivity (Wildman–Crippen MR) is 171 cm³/mol. The van der Waals surface area contributed by atoms with Gasteiger partial charge in [0.25, 0.3) is 11.8 Å². The van der Waals surface area contributed by atoms with Gasteiger partial charge in [-0.3, -0.25) is 14.4 Å². The molecule has 0 unspecified atom stereocenters. The molecule has 7 heteroatoms. The third-order valence-corrected chi connectivity index (χ3v) is 7.45. The lowest BCUT2D eigenvalue weighted by atomic mass is 10.0. The molecule has 3 amide bonds. The second-order valence-corrected chi connectivity index (χ2v) is 10.7. The van der Waals surface area contributed by atoms with Crippen molar-refractivity contribution in [1.29, 1.82) is 0 Å². The predicted octanol–water partition coefficient (Wildman–Crippen LogP) is 7.29. The molecule has 3 N–H and O–H groups in total. The van der Waals surface area contributed by atoms with Crippen molar-refractivity contribution in [3.8, 4) is 0 Å². The van der Waals surface area contributed by atoms with E-state index in [0.29, 0.717) is 11.3 Å². The van der Waals surface area contributed by atoms with E-state index in [9.17, 15) is 14.4 Å². The molecule has 0 saturated heterocycles. The van der Waals surface area contributed by atoms with Crippen LogP contribution in [0.3, 0.4) is 0 Å². The summed E-state index contributed by atoms with van der Waals surface area (Å²) >= 11 is 1.40. The average molecular weight is 572 g/mol. The molecule has 0 aliphatic rings. The molecule has 0 aliphatic heterocycles.